The fourth-order valence-corrected chi connectivity index (χ4v) is 2.73. The second-order valence-corrected chi connectivity index (χ2v) is 6.00. The molecular formula is C14H21N3O2. The first-order valence-corrected chi connectivity index (χ1v) is 7.08. The van der Waals surface area contributed by atoms with Gasteiger partial charge in [-0.1, -0.05) is 0 Å². The molecule has 0 aromatic carbocycles. The number of hydrogen-bond donors (Lipinski definition) is 1. The summed E-state index contributed by atoms with van der Waals surface area (Å²) in [6, 6.07) is 0. The molecule has 2 saturated carbocycles. The zero-order chi connectivity index (χ0) is 13.6. The van der Waals surface area contributed by atoms with Crippen molar-refractivity contribution in [1.82, 2.24) is 9.78 Å². The molecule has 0 amide bonds. The molecule has 0 unspecified atom stereocenters. The van der Waals surface area contributed by atoms with Gasteiger partial charge in [0.1, 0.15) is 11.4 Å². The van der Waals surface area contributed by atoms with Crippen molar-refractivity contribution >= 4 is 11.8 Å². The minimum Gasteiger partial charge on any atom is -0.477 e. The van der Waals surface area contributed by atoms with Gasteiger partial charge in [0.05, 0.1) is 5.69 Å². The standard InChI is InChI=1S/C14H21N3O2/c1-9-12(14(18)19)13(16(2)15-9)17(7-10-3-4-10)8-11-5-6-11/h10-11H,3-8H2,1-2H3,(H,18,19). The van der Waals surface area contributed by atoms with Crippen molar-refractivity contribution in [2.45, 2.75) is 32.6 Å². The lowest BCUT2D eigenvalue weighted by molar-refractivity contribution is 0.0696. The third-order valence-corrected chi connectivity index (χ3v) is 4.06. The number of nitrogens with zero attached hydrogens (tertiary/aromatic N) is 3. The summed E-state index contributed by atoms with van der Waals surface area (Å²) in [5.41, 5.74) is 0.991. The topological polar surface area (TPSA) is 58.4 Å². The molecule has 0 saturated heterocycles. The Bertz CT molecular complexity index is 487. The minimum atomic E-state index is -0.864. The fourth-order valence-electron chi connectivity index (χ4n) is 2.73. The van der Waals surface area contributed by atoms with E-state index >= 15 is 0 Å². The number of aromatic nitrogens is 2. The molecule has 0 spiro atoms. The summed E-state index contributed by atoms with van der Waals surface area (Å²) in [7, 11) is 1.85. The van der Waals surface area contributed by atoms with Gasteiger partial charge in [-0.05, 0) is 44.4 Å². The van der Waals surface area contributed by atoms with Crippen molar-refractivity contribution < 1.29 is 9.90 Å². The molecule has 2 aliphatic rings. The van der Waals surface area contributed by atoms with E-state index in [1.54, 1.807) is 11.6 Å². The molecule has 1 aromatic heterocycles. The van der Waals surface area contributed by atoms with E-state index in [9.17, 15) is 9.90 Å². The van der Waals surface area contributed by atoms with Crippen LogP contribution >= 0.6 is 0 Å². The molecule has 1 aromatic rings. The highest BCUT2D eigenvalue weighted by atomic mass is 16.4. The average Bonchev–Trinajstić information content (AvgIpc) is 3.20. The summed E-state index contributed by atoms with van der Waals surface area (Å²) < 4.78 is 1.74. The molecule has 19 heavy (non-hydrogen) atoms. The van der Waals surface area contributed by atoms with E-state index in [1.807, 2.05) is 7.05 Å². The molecule has 0 radical (unpaired) electrons. The highest BCUT2D eigenvalue weighted by Crippen LogP contribution is 2.37. The Hall–Kier alpha value is -1.52. The summed E-state index contributed by atoms with van der Waals surface area (Å²) in [5, 5.41) is 13.7. The molecule has 1 N–H and O–H groups in total. The Morgan fingerprint density at radius 3 is 2.26 bits per heavy atom. The number of aromatic carboxylic acids is 1. The maximum atomic E-state index is 11.5. The summed E-state index contributed by atoms with van der Waals surface area (Å²) in [4.78, 5) is 13.7. The second kappa shape index (κ2) is 4.54. The number of carbonyl (C=O) groups is 1. The van der Waals surface area contributed by atoms with E-state index in [0.29, 0.717) is 11.3 Å². The van der Waals surface area contributed by atoms with Gasteiger partial charge in [-0.15, -0.1) is 0 Å². The number of carboxylic acid groups (broad SMARTS) is 1. The maximum absolute atomic E-state index is 11.5. The van der Waals surface area contributed by atoms with Crippen molar-refractivity contribution in [1.29, 1.82) is 0 Å². The number of carboxylic acids is 1. The largest absolute Gasteiger partial charge is 0.477 e. The van der Waals surface area contributed by atoms with Gasteiger partial charge >= 0.3 is 5.97 Å². The molecule has 2 aliphatic carbocycles. The SMILES string of the molecule is Cc1nn(C)c(N(CC2CC2)CC2CC2)c1C(=O)O. The van der Waals surface area contributed by atoms with Crippen LogP contribution in [0.3, 0.4) is 0 Å². The summed E-state index contributed by atoms with van der Waals surface area (Å²) in [6.07, 6.45) is 5.11. The Kier molecular flexibility index (Phi) is 2.99. The average molecular weight is 263 g/mol. The predicted molar refractivity (Wildman–Crippen MR) is 72.6 cm³/mol. The van der Waals surface area contributed by atoms with Crippen LogP contribution in [0.25, 0.3) is 0 Å². The third kappa shape index (κ3) is 2.60. The first-order valence-electron chi connectivity index (χ1n) is 7.08. The Labute approximate surface area is 113 Å². The van der Waals surface area contributed by atoms with Crippen LogP contribution < -0.4 is 4.90 Å². The van der Waals surface area contributed by atoms with E-state index in [2.05, 4.69) is 10.00 Å². The van der Waals surface area contributed by atoms with E-state index in [-0.39, 0.29) is 0 Å². The minimum absolute atomic E-state index is 0.379. The molecule has 2 fully saturated rings. The fraction of sp³-hybridized carbons (Fsp3) is 0.714. The van der Waals surface area contributed by atoms with Crippen molar-refractivity contribution in [2.24, 2.45) is 18.9 Å². The van der Waals surface area contributed by atoms with Crippen LogP contribution in [-0.4, -0.2) is 33.9 Å². The van der Waals surface area contributed by atoms with Crippen molar-refractivity contribution in [3.8, 4) is 0 Å². The lowest BCUT2D eigenvalue weighted by atomic mass is 10.2. The van der Waals surface area contributed by atoms with Crippen LogP contribution in [0.4, 0.5) is 5.82 Å². The lowest BCUT2D eigenvalue weighted by Gasteiger charge is -2.25. The van der Waals surface area contributed by atoms with Gasteiger partial charge in [0.15, 0.2) is 0 Å². The summed E-state index contributed by atoms with van der Waals surface area (Å²) in [5.74, 6) is 1.42. The number of rotatable bonds is 6. The van der Waals surface area contributed by atoms with Crippen LogP contribution in [0.2, 0.25) is 0 Å². The molecule has 5 heteroatoms. The molecule has 0 atom stereocenters. The van der Waals surface area contributed by atoms with Crippen molar-refractivity contribution in [3.05, 3.63) is 11.3 Å². The second-order valence-electron chi connectivity index (χ2n) is 6.00. The van der Waals surface area contributed by atoms with Crippen LogP contribution in [0.5, 0.6) is 0 Å². The molecule has 0 aliphatic heterocycles. The van der Waals surface area contributed by atoms with Crippen LogP contribution in [0.1, 0.15) is 41.7 Å². The highest BCUT2D eigenvalue weighted by Gasteiger charge is 2.33. The molecule has 5 nitrogen and oxygen atoms in total. The van der Waals surface area contributed by atoms with E-state index in [1.165, 1.54) is 25.7 Å². The normalized spacial score (nSPS) is 18.6. The summed E-state index contributed by atoms with van der Waals surface area (Å²) in [6.45, 7) is 3.74. The Morgan fingerprint density at radius 2 is 1.84 bits per heavy atom. The van der Waals surface area contributed by atoms with Crippen molar-refractivity contribution in [2.75, 3.05) is 18.0 Å². The van der Waals surface area contributed by atoms with Gasteiger partial charge in [0.2, 0.25) is 0 Å². The van der Waals surface area contributed by atoms with Gasteiger partial charge in [0, 0.05) is 20.1 Å². The van der Waals surface area contributed by atoms with E-state index in [4.69, 9.17) is 0 Å². The monoisotopic (exact) mass is 263 g/mol. The molecular weight excluding hydrogens is 242 g/mol. The highest BCUT2D eigenvalue weighted by molar-refractivity contribution is 5.94. The molecule has 0 bridgehead atoms. The zero-order valence-corrected chi connectivity index (χ0v) is 11.6. The maximum Gasteiger partial charge on any atom is 0.341 e. The van der Waals surface area contributed by atoms with E-state index < -0.39 is 5.97 Å². The van der Waals surface area contributed by atoms with Crippen LogP contribution in [0.15, 0.2) is 0 Å². The molecule has 1 heterocycles. The number of aryl methyl sites for hydroxylation is 2. The summed E-state index contributed by atoms with van der Waals surface area (Å²) >= 11 is 0. The van der Waals surface area contributed by atoms with Gasteiger partial charge in [-0.25, -0.2) is 4.79 Å². The predicted octanol–water partition coefficient (Wildman–Crippen LogP) is 2.05. The third-order valence-electron chi connectivity index (χ3n) is 4.06. The Balaban J connectivity index is 1.92. The van der Waals surface area contributed by atoms with Crippen LogP contribution in [-0.2, 0) is 7.05 Å². The first kappa shape index (κ1) is 12.5. The van der Waals surface area contributed by atoms with Crippen LogP contribution in [0, 0.1) is 18.8 Å². The zero-order valence-electron chi connectivity index (χ0n) is 11.6. The molecule has 104 valence electrons. The van der Waals surface area contributed by atoms with E-state index in [0.717, 1.165) is 30.7 Å². The van der Waals surface area contributed by atoms with Crippen molar-refractivity contribution in [3.63, 3.8) is 0 Å². The smallest absolute Gasteiger partial charge is 0.341 e. The quantitative estimate of drug-likeness (QED) is 0.853. The number of anilines is 1. The lowest BCUT2D eigenvalue weighted by Crippen LogP contribution is -2.31. The number of hydrogen-bond acceptors (Lipinski definition) is 3. The van der Waals surface area contributed by atoms with Gasteiger partial charge in [0.25, 0.3) is 0 Å². The van der Waals surface area contributed by atoms with Gasteiger partial charge in [-0.2, -0.15) is 5.10 Å². The molecule has 3 rings (SSSR count). The van der Waals surface area contributed by atoms with Gasteiger partial charge < -0.3 is 10.0 Å². The Morgan fingerprint density at radius 1 is 1.32 bits per heavy atom. The first-order chi connectivity index (χ1) is 9.06. The van der Waals surface area contributed by atoms with Gasteiger partial charge in [-0.3, -0.25) is 4.68 Å².